The highest BCUT2D eigenvalue weighted by Gasteiger charge is 2.33. The lowest BCUT2D eigenvalue weighted by Crippen LogP contribution is -2.22. The number of rotatable bonds is 3. The molecule has 2 amide bonds. The number of nitrogens with one attached hydrogen (secondary N) is 2. The highest BCUT2D eigenvalue weighted by atomic mass is 35.5. The van der Waals surface area contributed by atoms with Crippen LogP contribution in [0.5, 0.6) is 0 Å². The quantitative estimate of drug-likeness (QED) is 0.588. The van der Waals surface area contributed by atoms with Crippen LogP contribution in [0, 0.1) is 12.7 Å². The highest BCUT2D eigenvalue weighted by Crippen LogP contribution is 2.45. The maximum absolute atomic E-state index is 13.7. The molecule has 0 saturated carbocycles. The Kier molecular flexibility index (Phi) is 4.91. The van der Waals surface area contributed by atoms with Gasteiger partial charge >= 0.3 is 0 Å². The van der Waals surface area contributed by atoms with E-state index < -0.39 is 0 Å². The Morgan fingerprint density at radius 1 is 1.25 bits per heavy atom. The van der Waals surface area contributed by atoms with Crippen LogP contribution in [0.25, 0.3) is 0 Å². The van der Waals surface area contributed by atoms with Gasteiger partial charge in [0.2, 0.25) is 5.91 Å². The molecule has 3 aromatic rings. The number of anilines is 2. The second kappa shape index (κ2) is 7.37. The standard InChI is InChI=1S/C21H16ClFN2O2S/c1-11-18-16(12-3-2-4-14(23)9-12)10-17(26)25-21(18)28-19(11)20(27)24-15-7-5-13(22)6-8-15/h2-9,16H,10H2,1H3,(H,24,27)(H,25,26). The molecule has 0 saturated heterocycles. The van der Waals surface area contributed by atoms with Gasteiger partial charge in [-0.1, -0.05) is 23.7 Å². The van der Waals surface area contributed by atoms with E-state index in [2.05, 4.69) is 10.6 Å². The summed E-state index contributed by atoms with van der Waals surface area (Å²) in [5.41, 5.74) is 3.02. The number of carbonyl (C=O) groups is 2. The van der Waals surface area contributed by atoms with E-state index in [-0.39, 0.29) is 30.0 Å². The van der Waals surface area contributed by atoms with E-state index in [0.29, 0.717) is 20.6 Å². The Morgan fingerprint density at radius 3 is 2.71 bits per heavy atom. The Hall–Kier alpha value is -2.70. The van der Waals surface area contributed by atoms with E-state index >= 15 is 0 Å². The number of thiophene rings is 1. The normalized spacial score (nSPS) is 15.7. The van der Waals surface area contributed by atoms with Crippen LogP contribution in [0.3, 0.4) is 0 Å². The lowest BCUT2D eigenvalue weighted by atomic mass is 9.85. The van der Waals surface area contributed by atoms with Crippen molar-refractivity contribution in [2.45, 2.75) is 19.3 Å². The summed E-state index contributed by atoms with van der Waals surface area (Å²) in [4.78, 5) is 25.5. The monoisotopic (exact) mass is 414 g/mol. The highest BCUT2D eigenvalue weighted by molar-refractivity contribution is 7.18. The van der Waals surface area contributed by atoms with Gasteiger partial charge in [0, 0.05) is 23.0 Å². The minimum Gasteiger partial charge on any atom is -0.321 e. The molecule has 1 aliphatic rings. The van der Waals surface area contributed by atoms with Gasteiger partial charge in [-0.3, -0.25) is 9.59 Å². The molecule has 142 valence electrons. The molecular weight excluding hydrogens is 399 g/mol. The van der Waals surface area contributed by atoms with Crippen LogP contribution in [0.1, 0.15) is 38.7 Å². The fourth-order valence-corrected chi connectivity index (χ4v) is 4.76. The summed E-state index contributed by atoms with van der Waals surface area (Å²) in [6.07, 6.45) is 0.215. The molecule has 0 radical (unpaired) electrons. The first kappa shape index (κ1) is 18.7. The average molecular weight is 415 g/mol. The van der Waals surface area contributed by atoms with Crippen LogP contribution < -0.4 is 10.6 Å². The van der Waals surface area contributed by atoms with Crippen LogP contribution in [0.2, 0.25) is 5.02 Å². The number of hydrogen-bond donors (Lipinski definition) is 2. The fourth-order valence-electron chi connectivity index (χ4n) is 3.45. The summed E-state index contributed by atoms with van der Waals surface area (Å²) >= 11 is 7.12. The molecule has 1 aliphatic heterocycles. The van der Waals surface area contributed by atoms with Crippen molar-refractivity contribution in [2.24, 2.45) is 0 Å². The molecule has 2 heterocycles. The maximum Gasteiger partial charge on any atom is 0.266 e. The third-order valence-electron chi connectivity index (χ3n) is 4.74. The second-order valence-electron chi connectivity index (χ2n) is 6.62. The van der Waals surface area contributed by atoms with Crippen molar-refractivity contribution in [1.82, 2.24) is 0 Å². The zero-order valence-electron chi connectivity index (χ0n) is 14.9. The average Bonchev–Trinajstić information content (AvgIpc) is 2.99. The third kappa shape index (κ3) is 3.53. The molecule has 2 aromatic carbocycles. The predicted octanol–water partition coefficient (Wildman–Crippen LogP) is 5.58. The summed E-state index contributed by atoms with van der Waals surface area (Å²) in [5, 5.41) is 6.93. The molecule has 0 fully saturated rings. The number of fused-ring (bicyclic) bond motifs is 1. The van der Waals surface area contributed by atoms with E-state index in [1.54, 1.807) is 36.4 Å². The van der Waals surface area contributed by atoms with Crippen LogP contribution in [-0.4, -0.2) is 11.8 Å². The zero-order valence-corrected chi connectivity index (χ0v) is 16.5. The zero-order chi connectivity index (χ0) is 19.8. The summed E-state index contributed by atoms with van der Waals surface area (Å²) in [7, 11) is 0. The number of hydrogen-bond acceptors (Lipinski definition) is 3. The van der Waals surface area contributed by atoms with E-state index in [9.17, 15) is 14.0 Å². The van der Waals surface area contributed by atoms with Gasteiger partial charge in [0.05, 0.1) is 9.88 Å². The molecule has 0 aliphatic carbocycles. The lowest BCUT2D eigenvalue weighted by Gasteiger charge is -2.24. The maximum atomic E-state index is 13.7. The number of amides is 2. The molecule has 1 aromatic heterocycles. The largest absolute Gasteiger partial charge is 0.321 e. The number of halogens is 2. The smallest absolute Gasteiger partial charge is 0.266 e. The van der Waals surface area contributed by atoms with Gasteiger partial charge in [-0.15, -0.1) is 11.3 Å². The van der Waals surface area contributed by atoms with E-state index in [1.807, 2.05) is 6.92 Å². The molecule has 4 rings (SSSR count). The van der Waals surface area contributed by atoms with E-state index in [4.69, 9.17) is 11.6 Å². The number of carbonyl (C=O) groups excluding carboxylic acids is 2. The summed E-state index contributed by atoms with van der Waals surface area (Å²) in [6, 6.07) is 13.1. The van der Waals surface area contributed by atoms with Gasteiger partial charge in [-0.25, -0.2) is 4.39 Å². The van der Waals surface area contributed by atoms with Crippen LogP contribution >= 0.6 is 22.9 Å². The molecule has 28 heavy (non-hydrogen) atoms. The first-order valence-electron chi connectivity index (χ1n) is 8.68. The molecular formula is C21H16ClFN2O2S. The minimum atomic E-state index is -0.349. The minimum absolute atomic E-state index is 0.146. The predicted molar refractivity (Wildman–Crippen MR) is 110 cm³/mol. The van der Waals surface area contributed by atoms with Crippen molar-refractivity contribution in [1.29, 1.82) is 0 Å². The van der Waals surface area contributed by atoms with Gasteiger partial charge in [-0.2, -0.15) is 0 Å². The summed E-state index contributed by atoms with van der Waals surface area (Å²) < 4.78 is 13.7. The summed E-state index contributed by atoms with van der Waals surface area (Å²) in [6.45, 7) is 1.86. The van der Waals surface area contributed by atoms with Gasteiger partial charge in [0.1, 0.15) is 5.82 Å². The van der Waals surface area contributed by atoms with Gasteiger partial charge < -0.3 is 10.6 Å². The molecule has 0 bridgehead atoms. The van der Waals surface area contributed by atoms with Crippen molar-refractivity contribution in [2.75, 3.05) is 10.6 Å². The topological polar surface area (TPSA) is 58.2 Å². The second-order valence-corrected chi connectivity index (χ2v) is 8.08. The molecule has 7 heteroatoms. The van der Waals surface area contributed by atoms with E-state index in [0.717, 1.165) is 16.7 Å². The number of benzene rings is 2. The Bertz CT molecular complexity index is 1080. The molecule has 0 spiro atoms. The Balaban J connectivity index is 1.70. The van der Waals surface area contributed by atoms with Crippen molar-refractivity contribution < 1.29 is 14.0 Å². The summed E-state index contributed by atoms with van der Waals surface area (Å²) in [5.74, 6) is -1.04. The SMILES string of the molecule is Cc1c(C(=O)Nc2ccc(Cl)cc2)sc2c1C(c1cccc(F)c1)CC(=O)N2. The van der Waals surface area contributed by atoms with Crippen molar-refractivity contribution in [3.05, 3.63) is 80.9 Å². The van der Waals surface area contributed by atoms with Gasteiger partial charge in [0.25, 0.3) is 5.91 Å². The molecule has 2 N–H and O–H groups in total. The third-order valence-corrected chi connectivity index (χ3v) is 6.22. The van der Waals surface area contributed by atoms with E-state index in [1.165, 1.54) is 23.5 Å². The fraction of sp³-hybridized carbons (Fsp3) is 0.143. The van der Waals surface area contributed by atoms with Crippen LogP contribution in [0.15, 0.2) is 48.5 Å². The molecule has 4 nitrogen and oxygen atoms in total. The molecule has 1 unspecified atom stereocenters. The Labute approximate surface area is 170 Å². The van der Waals surface area contributed by atoms with Gasteiger partial charge in [0.15, 0.2) is 0 Å². The van der Waals surface area contributed by atoms with Crippen molar-refractivity contribution in [3.63, 3.8) is 0 Å². The van der Waals surface area contributed by atoms with Gasteiger partial charge in [-0.05, 0) is 60.0 Å². The van der Waals surface area contributed by atoms with Crippen LogP contribution in [0.4, 0.5) is 15.1 Å². The Morgan fingerprint density at radius 2 is 2.00 bits per heavy atom. The molecule has 1 atom stereocenters. The van der Waals surface area contributed by atoms with Crippen LogP contribution in [-0.2, 0) is 4.79 Å². The first-order chi connectivity index (χ1) is 13.4. The first-order valence-corrected chi connectivity index (χ1v) is 9.87. The lowest BCUT2D eigenvalue weighted by molar-refractivity contribution is -0.116. The van der Waals surface area contributed by atoms with Crippen molar-refractivity contribution in [3.8, 4) is 0 Å². The van der Waals surface area contributed by atoms with Crippen molar-refractivity contribution >= 4 is 45.4 Å².